The lowest BCUT2D eigenvalue weighted by Gasteiger charge is -2.09. The zero-order valence-electron chi connectivity index (χ0n) is 9.54. The summed E-state index contributed by atoms with van der Waals surface area (Å²) in [6.45, 7) is 8.29. The summed E-state index contributed by atoms with van der Waals surface area (Å²) in [7, 11) is 1.93. The predicted octanol–water partition coefficient (Wildman–Crippen LogP) is 1.53. The fourth-order valence-electron chi connectivity index (χ4n) is 1.66. The van der Waals surface area contributed by atoms with Crippen LogP contribution < -0.4 is 5.32 Å². The number of nitrogens with zero attached hydrogens (tertiary/aromatic N) is 3. The summed E-state index contributed by atoms with van der Waals surface area (Å²) in [5, 5.41) is 11.5. The fourth-order valence-corrected chi connectivity index (χ4v) is 1.66. The van der Waals surface area contributed by atoms with E-state index in [1.54, 1.807) is 0 Å². The maximum atomic E-state index is 4.20. The molecule has 0 fully saturated rings. The topological polar surface area (TPSA) is 42.7 Å². The molecule has 0 radical (unpaired) electrons. The average Bonchev–Trinajstić information content (AvgIpc) is 2.49. The fraction of sp³-hybridized carbons (Fsp3) is 0.800. The molecule has 0 aliphatic rings. The number of hydrogen-bond donors (Lipinski definition) is 1. The van der Waals surface area contributed by atoms with Gasteiger partial charge in [-0.2, -0.15) is 0 Å². The van der Waals surface area contributed by atoms with Crippen molar-refractivity contribution in [3.63, 3.8) is 0 Å². The molecule has 0 unspecified atom stereocenters. The van der Waals surface area contributed by atoms with Crippen LogP contribution in [0.1, 0.15) is 44.5 Å². The van der Waals surface area contributed by atoms with Crippen LogP contribution >= 0.6 is 0 Å². The standard InChI is InChI=1S/C10H20N4/c1-5-6-14-10(8(2)3)9(7-11-4)12-13-14/h8,11H,5-7H2,1-4H3. The van der Waals surface area contributed by atoms with E-state index in [1.807, 2.05) is 11.7 Å². The van der Waals surface area contributed by atoms with E-state index in [1.165, 1.54) is 5.69 Å². The van der Waals surface area contributed by atoms with Gasteiger partial charge in [-0.05, 0) is 19.4 Å². The van der Waals surface area contributed by atoms with Crippen molar-refractivity contribution in [3.05, 3.63) is 11.4 Å². The average molecular weight is 196 g/mol. The summed E-state index contributed by atoms with van der Waals surface area (Å²) >= 11 is 0. The lowest BCUT2D eigenvalue weighted by Crippen LogP contribution is -2.11. The summed E-state index contributed by atoms with van der Waals surface area (Å²) < 4.78 is 2.03. The molecule has 0 aliphatic carbocycles. The molecular formula is C10H20N4. The van der Waals surface area contributed by atoms with Gasteiger partial charge in [0, 0.05) is 13.1 Å². The molecule has 0 amide bonds. The summed E-state index contributed by atoms with van der Waals surface area (Å²) in [5.41, 5.74) is 2.34. The van der Waals surface area contributed by atoms with E-state index in [4.69, 9.17) is 0 Å². The highest BCUT2D eigenvalue weighted by molar-refractivity contribution is 5.14. The Hall–Kier alpha value is -0.900. The minimum Gasteiger partial charge on any atom is -0.314 e. The second-order valence-electron chi connectivity index (χ2n) is 3.83. The molecule has 0 bridgehead atoms. The second kappa shape index (κ2) is 5.10. The van der Waals surface area contributed by atoms with E-state index in [0.29, 0.717) is 5.92 Å². The highest BCUT2D eigenvalue weighted by Crippen LogP contribution is 2.17. The van der Waals surface area contributed by atoms with E-state index < -0.39 is 0 Å². The number of aromatic nitrogens is 3. The SMILES string of the molecule is CCCn1nnc(CNC)c1C(C)C. The Morgan fingerprint density at radius 1 is 1.43 bits per heavy atom. The van der Waals surface area contributed by atoms with E-state index in [9.17, 15) is 0 Å². The van der Waals surface area contributed by atoms with Crippen LogP contribution in [0.15, 0.2) is 0 Å². The quantitative estimate of drug-likeness (QED) is 0.776. The van der Waals surface area contributed by atoms with Crippen molar-refractivity contribution in [2.24, 2.45) is 0 Å². The summed E-state index contributed by atoms with van der Waals surface area (Å²) in [5.74, 6) is 0.486. The molecule has 0 atom stereocenters. The predicted molar refractivity (Wildman–Crippen MR) is 57.2 cm³/mol. The van der Waals surface area contributed by atoms with Gasteiger partial charge in [0.1, 0.15) is 0 Å². The molecule has 0 saturated carbocycles. The van der Waals surface area contributed by atoms with Crippen molar-refractivity contribution in [1.29, 1.82) is 0 Å². The normalized spacial score (nSPS) is 11.2. The van der Waals surface area contributed by atoms with E-state index in [0.717, 1.165) is 25.2 Å². The molecule has 0 aromatic carbocycles. The molecule has 0 spiro atoms. The molecule has 14 heavy (non-hydrogen) atoms. The first kappa shape index (κ1) is 11.2. The van der Waals surface area contributed by atoms with Crippen LogP contribution in [0.25, 0.3) is 0 Å². The van der Waals surface area contributed by atoms with Gasteiger partial charge in [0.25, 0.3) is 0 Å². The third-order valence-electron chi connectivity index (χ3n) is 2.17. The number of hydrogen-bond acceptors (Lipinski definition) is 3. The minimum absolute atomic E-state index is 0.486. The van der Waals surface area contributed by atoms with Crippen molar-refractivity contribution in [1.82, 2.24) is 20.3 Å². The zero-order chi connectivity index (χ0) is 10.6. The van der Waals surface area contributed by atoms with Crippen LogP contribution in [-0.2, 0) is 13.1 Å². The molecule has 1 aromatic heterocycles. The van der Waals surface area contributed by atoms with Crippen molar-refractivity contribution >= 4 is 0 Å². The summed E-state index contributed by atoms with van der Waals surface area (Å²) in [6.07, 6.45) is 1.10. The van der Waals surface area contributed by atoms with Gasteiger partial charge in [0.05, 0.1) is 11.4 Å². The minimum atomic E-state index is 0.486. The molecule has 4 heteroatoms. The van der Waals surface area contributed by atoms with Gasteiger partial charge in [-0.1, -0.05) is 26.0 Å². The number of nitrogens with one attached hydrogen (secondary N) is 1. The van der Waals surface area contributed by atoms with E-state index in [-0.39, 0.29) is 0 Å². The summed E-state index contributed by atoms with van der Waals surface area (Å²) in [4.78, 5) is 0. The second-order valence-corrected chi connectivity index (χ2v) is 3.83. The zero-order valence-corrected chi connectivity index (χ0v) is 9.54. The first-order chi connectivity index (χ1) is 6.70. The van der Waals surface area contributed by atoms with Crippen LogP contribution in [-0.4, -0.2) is 22.0 Å². The van der Waals surface area contributed by atoms with Gasteiger partial charge >= 0.3 is 0 Å². The van der Waals surface area contributed by atoms with Crippen LogP contribution in [0.2, 0.25) is 0 Å². The Morgan fingerprint density at radius 3 is 2.64 bits per heavy atom. The molecule has 80 valence electrons. The Balaban J connectivity index is 2.94. The first-order valence-electron chi connectivity index (χ1n) is 5.27. The summed E-state index contributed by atoms with van der Waals surface area (Å²) in [6, 6.07) is 0. The Bertz CT molecular complexity index is 254. The molecule has 0 saturated heterocycles. The molecule has 1 aromatic rings. The van der Waals surface area contributed by atoms with Gasteiger partial charge in [0.2, 0.25) is 0 Å². The third kappa shape index (κ3) is 2.32. The Morgan fingerprint density at radius 2 is 2.14 bits per heavy atom. The van der Waals surface area contributed by atoms with Gasteiger partial charge in [-0.15, -0.1) is 5.10 Å². The third-order valence-corrected chi connectivity index (χ3v) is 2.17. The molecule has 4 nitrogen and oxygen atoms in total. The largest absolute Gasteiger partial charge is 0.314 e. The number of aryl methyl sites for hydroxylation is 1. The van der Waals surface area contributed by atoms with E-state index >= 15 is 0 Å². The lowest BCUT2D eigenvalue weighted by molar-refractivity contribution is 0.541. The van der Waals surface area contributed by atoms with Crippen molar-refractivity contribution in [2.45, 2.75) is 46.2 Å². The molecular weight excluding hydrogens is 176 g/mol. The first-order valence-corrected chi connectivity index (χ1v) is 5.27. The van der Waals surface area contributed by atoms with Crippen LogP contribution in [0.3, 0.4) is 0 Å². The molecule has 1 N–H and O–H groups in total. The van der Waals surface area contributed by atoms with E-state index in [2.05, 4.69) is 36.4 Å². The van der Waals surface area contributed by atoms with Gasteiger partial charge in [-0.3, -0.25) is 0 Å². The Kier molecular flexibility index (Phi) is 4.07. The monoisotopic (exact) mass is 196 g/mol. The van der Waals surface area contributed by atoms with Crippen LogP contribution in [0.4, 0.5) is 0 Å². The van der Waals surface area contributed by atoms with Gasteiger partial charge in [-0.25, -0.2) is 4.68 Å². The maximum Gasteiger partial charge on any atom is 0.0999 e. The highest BCUT2D eigenvalue weighted by atomic mass is 15.4. The highest BCUT2D eigenvalue weighted by Gasteiger charge is 2.14. The number of rotatable bonds is 5. The van der Waals surface area contributed by atoms with Crippen molar-refractivity contribution < 1.29 is 0 Å². The van der Waals surface area contributed by atoms with Crippen LogP contribution in [0.5, 0.6) is 0 Å². The van der Waals surface area contributed by atoms with Crippen molar-refractivity contribution in [3.8, 4) is 0 Å². The van der Waals surface area contributed by atoms with Crippen molar-refractivity contribution in [2.75, 3.05) is 7.05 Å². The maximum absolute atomic E-state index is 4.20. The molecule has 1 rings (SSSR count). The van der Waals surface area contributed by atoms with Crippen LogP contribution in [0, 0.1) is 0 Å². The smallest absolute Gasteiger partial charge is 0.0999 e. The van der Waals surface area contributed by atoms with Gasteiger partial charge < -0.3 is 5.32 Å². The molecule has 0 aliphatic heterocycles. The van der Waals surface area contributed by atoms with Gasteiger partial charge in [0.15, 0.2) is 0 Å². The molecule has 1 heterocycles. The lowest BCUT2D eigenvalue weighted by atomic mass is 10.1. The Labute approximate surface area is 85.7 Å².